The standard InChI is InChI=1S/C11H18N2O4S/c12-18(15,16)11-5-4-9(17-11)6-13-10-3-1-2-8(10)7-14/h4-5,8,10,13-14H,1-3,6-7H2,(H2,12,15,16). The van der Waals surface area contributed by atoms with Gasteiger partial charge in [-0.3, -0.25) is 0 Å². The molecule has 1 heterocycles. The zero-order valence-corrected chi connectivity index (χ0v) is 10.8. The summed E-state index contributed by atoms with van der Waals surface area (Å²) in [6.45, 7) is 0.620. The summed E-state index contributed by atoms with van der Waals surface area (Å²) in [4.78, 5) is 0. The van der Waals surface area contributed by atoms with Gasteiger partial charge >= 0.3 is 0 Å². The number of nitrogens with one attached hydrogen (secondary N) is 1. The van der Waals surface area contributed by atoms with Gasteiger partial charge in [0, 0.05) is 12.6 Å². The van der Waals surface area contributed by atoms with Crippen molar-refractivity contribution in [2.75, 3.05) is 6.61 Å². The van der Waals surface area contributed by atoms with Crippen molar-refractivity contribution in [2.24, 2.45) is 11.1 Å². The second kappa shape index (κ2) is 5.40. The Morgan fingerprint density at radius 3 is 2.83 bits per heavy atom. The summed E-state index contributed by atoms with van der Waals surface area (Å²) in [6, 6.07) is 3.21. The molecule has 0 spiro atoms. The molecule has 1 fully saturated rings. The van der Waals surface area contributed by atoms with Crippen molar-refractivity contribution in [2.45, 2.75) is 36.9 Å². The van der Waals surface area contributed by atoms with E-state index in [4.69, 9.17) is 9.56 Å². The third kappa shape index (κ3) is 3.11. The van der Waals surface area contributed by atoms with Crippen LogP contribution in [0.5, 0.6) is 0 Å². The van der Waals surface area contributed by atoms with Crippen LogP contribution in [0.1, 0.15) is 25.0 Å². The topological polar surface area (TPSA) is 106 Å². The Kier molecular flexibility index (Phi) is 4.06. The summed E-state index contributed by atoms with van der Waals surface area (Å²) in [7, 11) is -3.77. The van der Waals surface area contributed by atoms with Gasteiger partial charge in [-0.2, -0.15) is 0 Å². The molecule has 1 aromatic rings. The lowest BCUT2D eigenvalue weighted by atomic mass is 10.1. The summed E-state index contributed by atoms with van der Waals surface area (Å²) >= 11 is 0. The molecule has 4 N–H and O–H groups in total. The fourth-order valence-corrected chi connectivity index (χ4v) is 2.84. The van der Waals surface area contributed by atoms with Crippen LogP contribution in [-0.2, 0) is 16.6 Å². The SMILES string of the molecule is NS(=O)(=O)c1ccc(CNC2CCCC2CO)o1. The maximum atomic E-state index is 11.0. The van der Waals surface area contributed by atoms with Crippen molar-refractivity contribution in [3.05, 3.63) is 17.9 Å². The van der Waals surface area contributed by atoms with Gasteiger partial charge in [-0.25, -0.2) is 13.6 Å². The molecule has 1 aliphatic carbocycles. The predicted octanol–water partition coefficient (Wildman–Crippen LogP) is 0.178. The van der Waals surface area contributed by atoms with E-state index in [1.165, 1.54) is 6.07 Å². The fraction of sp³-hybridized carbons (Fsp3) is 0.636. The molecule has 1 aliphatic rings. The van der Waals surface area contributed by atoms with Crippen LogP contribution in [0, 0.1) is 5.92 Å². The average molecular weight is 274 g/mol. The van der Waals surface area contributed by atoms with E-state index in [0.29, 0.717) is 12.3 Å². The van der Waals surface area contributed by atoms with Crippen molar-refractivity contribution < 1.29 is 17.9 Å². The maximum Gasteiger partial charge on any atom is 0.271 e. The number of sulfonamides is 1. The van der Waals surface area contributed by atoms with Gasteiger partial charge in [0.1, 0.15) is 5.76 Å². The third-order valence-corrected chi connectivity index (χ3v) is 4.13. The van der Waals surface area contributed by atoms with Crippen LogP contribution >= 0.6 is 0 Å². The van der Waals surface area contributed by atoms with Crippen molar-refractivity contribution in [1.29, 1.82) is 0 Å². The Labute approximate surface area is 106 Å². The Morgan fingerprint density at radius 2 is 2.22 bits per heavy atom. The first kappa shape index (κ1) is 13.5. The smallest absolute Gasteiger partial charge is 0.271 e. The Hall–Kier alpha value is -0.890. The van der Waals surface area contributed by atoms with Gasteiger partial charge in [0.25, 0.3) is 10.0 Å². The number of primary sulfonamides is 1. The minimum atomic E-state index is -3.77. The largest absolute Gasteiger partial charge is 0.447 e. The lowest BCUT2D eigenvalue weighted by Crippen LogP contribution is -2.33. The van der Waals surface area contributed by atoms with Crippen molar-refractivity contribution in [3.63, 3.8) is 0 Å². The van der Waals surface area contributed by atoms with Gasteiger partial charge in [0.05, 0.1) is 6.54 Å². The van der Waals surface area contributed by atoms with Crippen molar-refractivity contribution >= 4 is 10.0 Å². The van der Waals surface area contributed by atoms with E-state index in [1.807, 2.05) is 0 Å². The summed E-state index contributed by atoms with van der Waals surface area (Å²) in [5.41, 5.74) is 0. The van der Waals surface area contributed by atoms with Gasteiger partial charge in [-0.05, 0) is 30.9 Å². The molecular formula is C11H18N2O4S. The van der Waals surface area contributed by atoms with Crippen LogP contribution in [-0.4, -0.2) is 26.2 Å². The molecule has 1 saturated carbocycles. The number of furan rings is 1. The Balaban J connectivity index is 1.92. The average Bonchev–Trinajstić information content (AvgIpc) is 2.94. The highest BCUT2D eigenvalue weighted by Gasteiger charge is 2.26. The van der Waals surface area contributed by atoms with E-state index < -0.39 is 10.0 Å². The molecule has 0 radical (unpaired) electrons. The first-order valence-electron chi connectivity index (χ1n) is 5.96. The molecular weight excluding hydrogens is 256 g/mol. The number of nitrogens with two attached hydrogens (primary N) is 1. The molecule has 0 saturated heterocycles. The van der Waals surface area contributed by atoms with E-state index in [2.05, 4.69) is 5.32 Å². The molecule has 2 rings (SSSR count). The number of hydrogen-bond acceptors (Lipinski definition) is 5. The van der Waals surface area contributed by atoms with E-state index in [0.717, 1.165) is 19.3 Å². The van der Waals surface area contributed by atoms with Gasteiger partial charge in [0.15, 0.2) is 0 Å². The molecule has 2 atom stereocenters. The molecule has 0 bridgehead atoms. The summed E-state index contributed by atoms with van der Waals surface area (Å²) < 4.78 is 27.2. The highest BCUT2D eigenvalue weighted by Crippen LogP contribution is 2.25. The van der Waals surface area contributed by atoms with Crippen molar-refractivity contribution in [3.8, 4) is 0 Å². The monoisotopic (exact) mass is 274 g/mol. The molecule has 0 amide bonds. The highest BCUT2D eigenvalue weighted by molar-refractivity contribution is 7.89. The Morgan fingerprint density at radius 1 is 1.44 bits per heavy atom. The van der Waals surface area contributed by atoms with Gasteiger partial charge in [-0.1, -0.05) is 6.42 Å². The highest BCUT2D eigenvalue weighted by atomic mass is 32.2. The lowest BCUT2D eigenvalue weighted by Gasteiger charge is -2.18. The van der Waals surface area contributed by atoms with E-state index in [1.54, 1.807) is 6.07 Å². The third-order valence-electron chi connectivity index (χ3n) is 3.35. The van der Waals surface area contributed by atoms with E-state index in [-0.39, 0.29) is 23.7 Å². The first-order chi connectivity index (χ1) is 8.50. The second-order valence-electron chi connectivity index (χ2n) is 4.63. The minimum absolute atomic E-state index is 0.179. The quantitative estimate of drug-likeness (QED) is 0.710. The number of aliphatic hydroxyl groups is 1. The number of aliphatic hydroxyl groups excluding tert-OH is 1. The van der Waals surface area contributed by atoms with Gasteiger partial charge in [0.2, 0.25) is 5.09 Å². The van der Waals surface area contributed by atoms with E-state index >= 15 is 0 Å². The molecule has 6 nitrogen and oxygen atoms in total. The molecule has 0 aromatic carbocycles. The molecule has 1 aromatic heterocycles. The molecule has 2 unspecified atom stereocenters. The Bertz CT molecular complexity index is 497. The normalized spacial score (nSPS) is 24.6. The number of rotatable bonds is 5. The van der Waals surface area contributed by atoms with Crippen LogP contribution in [0.2, 0.25) is 0 Å². The summed E-state index contributed by atoms with van der Waals surface area (Å²) in [5.74, 6) is 0.806. The minimum Gasteiger partial charge on any atom is -0.447 e. The van der Waals surface area contributed by atoms with Crippen LogP contribution in [0.3, 0.4) is 0 Å². The van der Waals surface area contributed by atoms with Gasteiger partial charge in [-0.15, -0.1) is 0 Å². The zero-order valence-electron chi connectivity index (χ0n) is 10.0. The molecule has 18 heavy (non-hydrogen) atoms. The van der Waals surface area contributed by atoms with Crippen LogP contribution in [0.4, 0.5) is 0 Å². The van der Waals surface area contributed by atoms with Crippen LogP contribution in [0.15, 0.2) is 21.6 Å². The number of hydrogen-bond donors (Lipinski definition) is 3. The predicted molar refractivity (Wildman–Crippen MR) is 65.1 cm³/mol. The zero-order chi connectivity index (χ0) is 13.2. The fourth-order valence-electron chi connectivity index (χ4n) is 2.36. The van der Waals surface area contributed by atoms with E-state index in [9.17, 15) is 13.5 Å². The molecule has 102 valence electrons. The summed E-state index contributed by atoms with van der Waals surface area (Å²) in [6.07, 6.45) is 3.15. The molecule has 7 heteroatoms. The lowest BCUT2D eigenvalue weighted by molar-refractivity contribution is 0.203. The van der Waals surface area contributed by atoms with Gasteiger partial charge < -0.3 is 14.8 Å². The second-order valence-corrected chi connectivity index (χ2v) is 6.12. The van der Waals surface area contributed by atoms with Crippen LogP contribution in [0.25, 0.3) is 0 Å². The van der Waals surface area contributed by atoms with Crippen molar-refractivity contribution in [1.82, 2.24) is 5.32 Å². The van der Waals surface area contributed by atoms with Crippen LogP contribution < -0.4 is 10.5 Å². The summed E-state index contributed by atoms with van der Waals surface area (Å²) in [5, 5.41) is 17.2. The first-order valence-corrected chi connectivity index (χ1v) is 7.51. The molecule has 0 aliphatic heterocycles. The maximum absolute atomic E-state index is 11.0.